The van der Waals surface area contributed by atoms with Crippen molar-refractivity contribution in [1.82, 2.24) is 5.32 Å². The fourth-order valence-corrected chi connectivity index (χ4v) is 4.10. The minimum absolute atomic E-state index is 0.123. The lowest BCUT2D eigenvalue weighted by atomic mass is 9.74. The van der Waals surface area contributed by atoms with Crippen molar-refractivity contribution < 1.29 is 19.1 Å². The topological polar surface area (TPSA) is 72.5 Å². The molecule has 1 saturated carbocycles. The molecule has 0 aliphatic heterocycles. The Hall–Kier alpha value is -2.95. The highest BCUT2D eigenvalue weighted by molar-refractivity contribution is 5.95. The first-order valence-corrected chi connectivity index (χ1v) is 9.98. The maximum Gasteiger partial charge on any atom is 0.328 e. The van der Waals surface area contributed by atoms with E-state index in [1.165, 1.54) is 7.11 Å². The van der Waals surface area contributed by atoms with E-state index >= 15 is 0 Å². The summed E-state index contributed by atoms with van der Waals surface area (Å²) in [5, 5.41) is 2.93. The largest absolute Gasteiger partial charge is 0.467 e. The molecule has 2 aromatic rings. The van der Waals surface area contributed by atoms with Crippen LogP contribution < -0.4 is 5.32 Å². The van der Waals surface area contributed by atoms with Gasteiger partial charge in [-0.05, 0) is 36.8 Å². The van der Waals surface area contributed by atoms with Crippen molar-refractivity contribution in [1.29, 1.82) is 0 Å². The zero-order valence-corrected chi connectivity index (χ0v) is 16.9. The van der Waals surface area contributed by atoms with E-state index in [4.69, 9.17) is 4.74 Å². The van der Waals surface area contributed by atoms with E-state index in [0.29, 0.717) is 12.8 Å². The maximum atomic E-state index is 13.6. The number of ether oxygens (including phenoxy) is 1. The Morgan fingerprint density at radius 1 is 1.03 bits per heavy atom. The second-order valence-corrected chi connectivity index (χ2v) is 7.73. The van der Waals surface area contributed by atoms with E-state index in [1.54, 1.807) is 0 Å². The Kier molecular flexibility index (Phi) is 6.47. The Balaban J connectivity index is 1.96. The number of nitrogens with one attached hydrogen (secondary N) is 1. The molecule has 0 unspecified atom stereocenters. The van der Waals surface area contributed by atoms with Crippen LogP contribution in [-0.2, 0) is 24.5 Å². The van der Waals surface area contributed by atoms with Gasteiger partial charge in [0.15, 0.2) is 0 Å². The number of Topliss-reactive ketones (excluding diaryl/α,β-unsaturated/α-hetero) is 1. The highest BCUT2D eigenvalue weighted by Crippen LogP contribution is 2.33. The van der Waals surface area contributed by atoms with Crippen molar-refractivity contribution in [2.75, 3.05) is 7.11 Å². The second kappa shape index (κ2) is 9.03. The van der Waals surface area contributed by atoms with Crippen LogP contribution in [0.4, 0.5) is 0 Å². The summed E-state index contributed by atoms with van der Waals surface area (Å²) in [4.78, 5) is 38.1. The lowest BCUT2D eigenvalue weighted by Crippen LogP contribution is -2.53. The van der Waals surface area contributed by atoms with Crippen LogP contribution in [0.25, 0.3) is 0 Å². The standard InChI is InChI=1S/C24H27NO4/c1-24(18-11-5-3-6-12-18,19-13-7-4-8-14-19)23(28)25-21(22(27)29-2)17-10-9-15-20(26)16-17/h3-8,11-14,17,21H,9-10,15-16H2,1-2H3,(H,25,28)/t17-,21-/m0/s1. The molecule has 0 radical (unpaired) electrons. The van der Waals surface area contributed by atoms with Gasteiger partial charge in [0.05, 0.1) is 12.5 Å². The molecule has 2 aromatic carbocycles. The van der Waals surface area contributed by atoms with Crippen molar-refractivity contribution >= 4 is 17.7 Å². The minimum Gasteiger partial charge on any atom is -0.467 e. The van der Waals surface area contributed by atoms with Gasteiger partial charge in [0.1, 0.15) is 11.8 Å². The van der Waals surface area contributed by atoms with Crippen molar-refractivity contribution in [3.05, 3.63) is 71.8 Å². The molecule has 0 bridgehead atoms. The van der Waals surface area contributed by atoms with Gasteiger partial charge in [-0.1, -0.05) is 60.7 Å². The van der Waals surface area contributed by atoms with Crippen molar-refractivity contribution in [3.8, 4) is 0 Å². The maximum absolute atomic E-state index is 13.6. The molecule has 152 valence electrons. The van der Waals surface area contributed by atoms with Crippen molar-refractivity contribution in [3.63, 3.8) is 0 Å². The summed E-state index contributed by atoms with van der Waals surface area (Å²) in [7, 11) is 1.31. The third kappa shape index (κ3) is 4.39. The SMILES string of the molecule is COC(=O)[C@@H](NC(=O)C(C)(c1ccccc1)c1ccccc1)[C@H]1CCCC(=O)C1. The van der Waals surface area contributed by atoms with Crippen LogP contribution in [0.1, 0.15) is 43.7 Å². The van der Waals surface area contributed by atoms with Crippen LogP contribution in [-0.4, -0.2) is 30.8 Å². The molecular formula is C24H27NO4. The molecule has 5 heteroatoms. The highest BCUT2D eigenvalue weighted by Gasteiger charge is 2.41. The molecule has 29 heavy (non-hydrogen) atoms. The molecule has 2 atom stereocenters. The molecule has 5 nitrogen and oxygen atoms in total. The Morgan fingerprint density at radius 2 is 1.59 bits per heavy atom. The summed E-state index contributed by atoms with van der Waals surface area (Å²) in [5.74, 6) is -0.924. The van der Waals surface area contributed by atoms with Gasteiger partial charge in [-0.15, -0.1) is 0 Å². The summed E-state index contributed by atoms with van der Waals surface area (Å²) in [6.07, 6.45) is 2.25. The van der Waals surface area contributed by atoms with E-state index in [2.05, 4.69) is 5.32 Å². The third-order valence-corrected chi connectivity index (χ3v) is 5.89. The normalized spacial score (nSPS) is 18.0. The first-order chi connectivity index (χ1) is 14.0. The van der Waals surface area contributed by atoms with Crippen molar-refractivity contribution in [2.45, 2.75) is 44.1 Å². The number of esters is 1. The van der Waals surface area contributed by atoms with E-state index in [9.17, 15) is 14.4 Å². The van der Waals surface area contributed by atoms with Gasteiger partial charge in [-0.2, -0.15) is 0 Å². The zero-order valence-electron chi connectivity index (χ0n) is 16.9. The summed E-state index contributed by atoms with van der Waals surface area (Å²) < 4.78 is 4.96. The predicted molar refractivity (Wildman–Crippen MR) is 110 cm³/mol. The average Bonchev–Trinajstić information content (AvgIpc) is 2.77. The lowest BCUT2D eigenvalue weighted by Gasteiger charge is -2.34. The number of carbonyl (C=O) groups excluding carboxylic acids is 3. The van der Waals surface area contributed by atoms with Gasteiger partial charge in [-0.25, -0.2) is 4.79 Å². The van der Waals surface area contributed by atoms with Gasteiger partial charge in [0, 0.05) is 12.8 Å². The fraction of sp³-hybridized carbons (Fsp3) is 0.375. The lowest BCUT2D eigenvalue weighted by molar-refractivity contribution is -0.148. The molecule has 0 heterocycles. The van der Waals surface area contributed by atoms with Crippen LogP contribution in [0, 0.1) is 5.92 Å². The smallest absolute Gasteiger partial charge is 0.328 e. The number of hydrogen-bond donors (Lipinski definition) is 1. The molecule has 0 spiro atoms. The number of hydrogen-bond acceptors (Lipinski definition) is 4. The number of carbonyl (C=O) groups is 3. The van der Waals surface area contributed by atoms with Crippen LogP contribution in [0.3, 0.4) is 0 Å². The number of benzene rings is 2. The number of rotatable bonds is 6. The van der Waals surface area contributed by atoms with Gasteiger partial charge in [0.25, 0.3) is 0 Å². The Labute approximate surface area is 171 Å². The fourth-order valence-electron chi connectivity index (χ4n) is 4.10. The first-order valence-electron chi connectivity index (χ1n) is 9.98. The van der Waals surface area contributed by atoms with Crippen LogP contribution in [0.15, 0.2) is 60.7 Å². The molecule has 1 amide bonds. The molecule has 0 saturated heterocycles. The summed E-state index contributed by atoms with van der Waals surface area (Å²) in [6.45, 7) is 1.85. The van der Waals surface area contributed by atoms with Crippen LogP contribution in [0.2, 0.25) is 0 Å². The van der Waals surface area contributed by atoms with Crippen LogP contribution >= 0.6 is 0 Å². The Bertz CT molecular complexity index is 823. The minimum atomic E-state index is -0.993. The number of ketones is 1. The molecule has 1 N–H and O–H groups in total. The predicted octanol–water partition coefficient (Wildman–Crippen LogP) is 3.41. The summed E-state index contributed by atoms with van der Waals surface area (Å²) in [6, 6.07) is 18.1. The molecule has 3 rings (SSSR count). The molecular weight excluding hydrogens is 366 g/mol. The molecule has 1 fully saturated rings. The van der Waals surface area contributed by atoms with Gasteiger partial charge in [0.2, 0.25) is 5.91 Å². The molecule has 1 aliphatic rings. The summed E-state index contributed by atoms with van der Waals surface area (Å²) in [5.41, 5.74) is 0.659. The van der Waals surface area contributed by atoms with E-state index in [1.807, 2.05) is 67.6 Å². The zero-order chi connectivity index (χ0) is 20.9. The van der Waals surface area contributed by atoms with Crippen LogP contribution in [0.5, 0.6) is 0 Å². The van der Waals surface area contributed by atoms with E-state index in [-0.39, 0.29) is 24.0 Å². The summed E-state index contributed by atoms with van der Waals surface area (Å²) >= 11 is 0. The first kappa shape index (κ1) is 20.8. The number of methoxy groups -OCH3 is 1. The monoisotopic (exact) mass is 393 g/mol. The molecule has 1 aliphatic carbocycles. The van der Waals surface area contributed by atoms with Gasteiger partial charge < -0.3 is 10.1 Å². The Morgan fingerprint density at radius 3 is 2.07 bits per heavy atom. The second-order valence-electron chi connectivity index (χ2n) is 7.73. The van der Waals surface area contributed by atoms with E-state index < -0.39 is 17.4 Å². The third-order valence-electron chi connectivity index (χ3n) is 5.89. The van der Waals surface area contributed by atoms with Crippen molar-refractivity contribution in [2.24, 2.45) is 5.92 Å². The van der Waals surface area contributed by atoms with E-state index in [0.717, 1.165) is 17.5 Å². The average molecular weight is 393 g/mol. The molecule has 0 aromatic heterocycles. The van der Waals surface area contributed by atoms with Gasteiger partial charge in [-0.3, -0.25) is 9.59 Å². The van der Waals surface area contributed by atoms with Gasteiger partial charge >= 0.3 is 5.97 Å². The quantitative estimate of drug-likeness (QED) is 0.764. The number of amides is 1. The highest BCUT2D eigenvalue weighted by atomic mass is 16.5.